The lowest BCUT2D eigenvalue weighted by molar-refractivity contribution is 0.133. The maximum absolute atomic E-state index is 14.8. The third-order valence-electron chi connectivity index (χ3n) is 4.46. The summed E-state index contributed by atoms with van der Waals surface area (Å²) in [5.74, 6) is -1.94. The molecule has 2 aromatic carbocycles. The van der Waals surface area contributed by atoms with E-state index < -0.39 is 34.0 Å². The zero-order valence-electron chi connectivity index (χ0n) is 17.3. The van der Waals surface area contributed by atoms with Crippen LogP contribution in [0.3, 0.4) is 0 Å². The number of benzene rings is 2. The van der Waals surface area contributed by atoms with Gasteiger partial charge in [0.25, 0.3) is 10.2 Å². The second kappa shape index (κ2) is 8.96. The number of carbonyl (C=O) groups is 2. The summed E-state index contributed by atoms with van der Waals surface area (Å²) in [5, 5.41) is 0. The molecule has 2 amide bonds. The smallest absolute Gasteiger partial charge is 0.410 e. The summed E-state index contributed by atoms with van der Waals surface area (Å²) in [7, 11) is 0.109. The lowest BCUT2D eigenvalue weighted by atomic mass is 10.1. The molecule has 0 aliphatic carbocycles. The SMILES string of the molecule is CNS(=O)(=O)Nc1cccc(CN2Cc3c(F)cc(OC(=O)N(C)C)cc3OC2=O)c1F. The molecule has 32 heavy (non-hydrogen) atoms. The first-order chi connectivity index (χ1) is 15.0. The number of halogens is 2. The van der Waals surface area contributed by atoms with E-state index in [2.05, 4.69) is 0 Å². The third kappa shape index (κ3) is 5.06. The average molecular weight is 470 g/mol. The number of rotatable bonds is 6. The van der Waals surface area contributed by atoms with E-state index in [-0.39, 0.29) is 41.4 Å². The number of nitrogens with zero attached hydrogens (tertiary/aromatic N) is 2. The predicted molar refractivity (Wildman–Crippen MR) is 109 cm³/mol. The molecule has 0 radical (unpaired) electrons. The highest BCUT2D eigenvalue weighted by Crippen LogP contribution is 2.34. The second-order valence-corrected chi connectivity index (χ2v) is 8.58. The molecular formula is C19H20F2N4O6S. The van der Waals surface area contributed by atoms with E-state index >= 15 is 0 Å². The molecule has 172 valence electrons. The standard InChI is InChI=1S/C19H20F2N4O6S/c1-22-32(28,29)23-15-6-4-5-11(17(15)21)9-25-10-13-14(20)7-12(30-18(26)24(2)3)8-16(13)31-19(25)27/h4-8,22-23H,9-10H2,1-3H3. The van der Waals surface area contributed by atoms with Gasteiger partial charge in [-0.05, 0) is 6.07 Å². The van der Waals surface area contributed by atoms with Crippen LogP contribution in [-0.4, -0.2) is 51.5 Å². The summed E-state index contributed by atoms with van der Waals surface area (Å²) in [6.07, 6.45) is -1.62. The first-order valence-electron chi connectivity index (χ1n) is 9.17. The number of hydrogen-bond acceptors (Lipinski definition) is 6. The van der Waals surface area contributed by atoms with Crippen molar-refractivity contribution in [2.24, 2.45) is 0 Å². The number of nitrogens with one attached hydrogen (secondary N) is 2. The molecule has 10 nitrogen and oxygen atoms in total. The fourth-order valence-electron chi connectivity index (χ4n) is 2.80. The minimum absolute atomic E-state index is 0.0151. The normalized spacial score (nSPS) is 13.3. The Bertz CT molecular complexity index is 1170. The number of hydrogen-bond donors (Lipinski definition) is 2. The number of fused-ring (bicyclic) bond motifs is 1. The van der Waals surface area contributed by atoms with Crippen LogP contribution >= 0.6 is 0 Å². The van der Waals surface area contributed by atoms with Crippen LogP contribution in [0.5, 0.6) is 11.5 Å². The summed E-state index contributed by atoms with van der Waals surface area (Å²) < 4.78 is 66.8. The molecule has 0 aromatic heterocycles. The molecule has 0 unspecified atom stereocenters. The molecule has 0 spiro atoms. The van der Waals surface area contributed by atoms with E-state index in [4.69, 9.17) is 9.47 Å². The molecule has 3 rings (SSSR count). The van der Waals surface area contributed by atoms with Gasteiger partial charge in [0.1, 0.15) is 17.3 Å². The van der Waals surface area contributed by atoms with Crippen LogP contribution in [0, 0.1) is 11.6 Å². The summed E-state index contributed by atoms with van der Waals surface area (Å²) in [6, 6.07) is 6.17. The van der Waals surface area contributed by atoms with Crippen LogP contribution in [0.15, 0.2) is 30.3 Å². The molecule has 2 N–H and O–H groups in total. The van der Waals surface area contributed by atoms with Crippen LogP contribution in [0.25, 0.3) is 0 Å². The van der Waals surface area contributed by atoms with Crippen molar-refractivity contribution in [3.05, 3.63) is 53.1 Å². The van der Waals surface area contributed by atoms with Gasteiger partial charge in [-0.1, -0.05) is 12.1 Å². The molecule has 1 aliphatic heterocycles. The zero-order valence-corrected chi connectivity index (χ0v) is 18.1. The highest BCUT2D eigenvalue weighted by molar-refractivity contribution is 7.90. The van der Waals surface area contributed by atoms with Crippen molar-refractivity contribution in [2.45, 2.75) is 13.1 Å². The fourth-order valence-corrected chi connectivity index (χ4v) is 3.35. The lowest BCUT2D eigenvalue weighted by Crippen LogP contribution is -2.37. The Morgan fingerprint density at radius 2 is 2.00 bits per heavy atom. The first kappa shape index (κ1) is 23.2. The fraction of sp³-hybridized carbons (Fsp3) is 0.263. The Kier molecular flexibility index (Phi) is 6.50. The average Bonchev–Trinajstić information content (AvgIpc) is 2.71. The van der Waals surface area contributed by atoms with Crippen molar-refractivity contribution in [1.29, 1.82) is 0 Å². The van der Waals surface area contributed by atoms with Gasteiger partial charge in [-0.25, -0.2) is 23.1 Å². The van der Waals surface area contributed by atoms with Gasteiger partial charge in [0.05, 0.1) is 24.3 Å². The van der Waals surface area contributed by atoms with Crippen LogP contribution in [0.2, 0.25) is 0 Å². The maximum atomic E-state index is 14.8. The van der Waals surface area contributed by atoms with E-state index in [0.717, 1.165) is 22.9 Å². The van der Waals surface area contributed by atoms with E-state index in [1.807, 2.05) is 9.44 Å². The molecule has 13 heteroatoms. The number of ether oxygens (including phenoxy) is 2. The first-order valence-corrected chi connectivity index (χ1v) is 10.7. The summed E-state index contributed by atoms with van der Waals surface area (Å²) in [5.41, 5.74) is -0.318. The Balaban J connectivity index is 1.82. The van der Waals surface area contributed by atoms with Crippen molar-refractivity contribution >= 4 is 28.1 Å². The van der Waals surface area contributed by atoms with Crippen LogP contribution in [0.1, 0.15) is 11.1 Å². The van der Waals surface area contributed by atoms with E-state index in [1.165, 1.54) is 38.4 Å². The summed E-state index contributed by atoms with van der Waals surface area (Å²) in [6.45, 7) is -0.552. The maximum Gasteiger partial charge on any atom is 0.415 e. The number of anilines is 1. The van der Waals surface area contributed by atoms with Crippen molar-refractivity contribution in [3.63, 3.8) is 0 Å². The monoisotopic (exact) mass is 470 g/mol. The van der Waals surface area contributed by atoms with Crippen molar-refractivity contribution in [2.75, 3.05) is 25.9 Å². The minimum atomic E-state index is -3.95. The molecule has 0 atom stereocenters. The van der Waals surface area contributed by atoms with Gasteiger partial charge in [0.15, 0.2) is 5.82 Å². The molecular weight excluding hydrogens is 450 g/mol. The van der Waals surface area contributed by atoms with E-state index in [1.54, 1.807) is 0 Å². The quantitative estimate of drug-likeness (QED) is 0.670. The lowest BCUT2D eigenvalue weighted by Gasteiger charge is -2.29. The number of carbonyl (C=O) groups excluding carboxylic acids is 2. The predicted octanol–water partition coefficient (Wildman–Crippen LogP) is 2.42. The highest BCUT2D eigenvalue weighted by atomic mass is 32.2. The van der Waals surface area contributed by atoms with Crippen LogP contribution in [-0.2, 0) is 23.3 Å². The molecule has 1 aliphatic rings. The van der Waals surface area contributed by atoms with Gasteiger partial charge in [0, 0.05) is 38.8 Å². The van der Waals surface area contributed by atoms with Crippen LogP contribution in [0.4, 0.5) is 24.1 Å². The molecule has 1 heterocycles. The molecule has 2 aromatic rings. The van der Waals surface area contributed by atoms with Crippen molar-refractivity contribution in [1.82, 2.24) is 14.5 Å². The van der Waals surface area contributed by atoms with E-state index in [9.17, 15) is 26.8 Å². The van der Waals surface area contributed by atoms with Gasteiger partial charge in [-0.2, -0.15) is 8.42 Å². The molecule has 0 saturated heterocycles. The number of amides is 2. The Hall–Kier alpha value is -3.45. The highest BCUT2D eigenvalue weighted by Gasteiger charge is 2.29. The topological polar surface area (TPSA) is 117 Å². The molecule has 0 fully saturated rings. The van der Waals surface area contributed by atoms with Crippen molar-refractivity contribution in [3.8, 4) is 11.5 Å². The minimum Gasteiger partial charge on any atom is -0.410 e. The van der Waals surface area contributed by atoms with Gasteiger partial charge >= 0.3 is 12.2 Å². The van der Waals surface area contributed by atoms with Crippen molar-refractivity contribution < 1.29 is 36.3 Å². The van der Waals surface area contributed by atoms with Gasteiger partial charge in [-0.3, -0.25) is 9.62 Å². The van der Waals surface area contributed by atoms with Crippen LogP contribution < -0.4 is 18.9 Å². The van der Waals surface area contributed by atoms with Gasteiger partial charge in [-0.15, -0.1) is 0 Å². The third-order valence-corrected chi connectivity index (χ3v) is 5.48. The summed E-state index contributed by atoms with van der Waals surface area (Å²) in [4.78, 5) is 26.3. The Morgan fingerprint density at radius 3 is 2.66 bits per heavy atom. The van der Waals surface area contributed by atoms with E-state index in [0.29, 0.717) is 0 Å². The second-order valence-electron chi connectivity index (χ2n) is 6.96. The van der Waals surface area contributed by atoms with Gasteiger partial charge in [0.2, 0.25) is 0 Å². The molecule has 0 bridgehead atoms. The molecule has 0 saturated carbocycles. The van der Waals surface area contributed by atoms with Gasteiger partial charge < -0.3 is 14.4 Å². The Labute approximate surface area is 182 Å². The Morgan fingerprint density at radius 1 is 1.28 bits per heavy atom. The zero-order chi connectivity index (χ0) is 23.6. The summed E-state index contributed by atoms with van der Waals surface area (Å²) >= 11 is 0. The largest absolute Gasteiger partial charge is 0.415 e.